The molecule has 0 spiro atoms. The molecule has 0 aliphatic carbocycles. The summed E-state index contributed by atoms with van der Waals surface area (Å²) in [6.45, 7) is 2.49. The molecule has 4 heteroatoms. The highest BCUT2D eigenvalue weighted by Gasteiger charge is 2.12. The number of rotatable bonds is 6. The van der Waals surface area contributed by atoms with Crippen molar-refractivity contribution in [1.82, 2.24) is 0 Å². The number of hydrogen-bond acceptors (Lipinski definition) is 3. The van der Waals surface area contributed by atoms with Crippen LogP contribution >= 0.6 is 0 Å². The zero-order valence-electron chi connectivity index (χ0n) is 9.65. The molecule has 0 heterocycles. The summed E-state index contributed by atoms with van der Waals surface area (Å²) in [6.07, 6.45) is 1.43. The average molecular weight is 241 g/mol. The summed E-state index contributed by atoms with van der Waals surface area (Å²) in [6, 6.07) is 7.60. The van der Waals surface area contributed by atoms with Crippen LogP contribution in [0.2, 0.25) is 0 Å². The molecule has 0 saturated carbocycles. The molecule has 90 valence electrons. The average Bonchev–Trinajstić information content (AvgIpc) is 2.21. The Kier molecular flexibility index (Phi) is 4.96. The largest absolute Gasteiger partial charge is 0.330 e. The Morgan fingerprint density at radius 1 is 1.19 bits per heavy atom. The smallest absolute Gasteiger partial charge is 0.154 e. The molecule has 0 aromatic heterocycles. The summed E-state index contributed by atoms with van der Waals surface area (Å²) < 4.78 is 23.6. The first-order chi connectivity index (χ1) is 7.55. The van der Waals surface area contributed by atoms with E-state index in [1.54, 1.807) is 0 Å². The molecule has 0 atom stereocenters. The molecule has 0 bridgehead atoms. The Hall–Kier alpha value is -0.870. The molecule has 1 rings (SSSR count). The van der Waals surface area contributed by atoms with E-state index in [1.807, 2.05) is 31.2 Å². The summed E-state index contributed by atoms with van der Waals surface area (Å²) in [7, 11) is -2.98. The lowest BCUT2D eigenvalue weighted by Crippen LogP contribution is -2.11. The van der Waals surface area contributed by atoms with Crippen LogP contribution in [0.15, 0.2) is 24.3 Å². The number of sulfone groups is 1. The fourth-order valence-corrected chi connectivity index (χ4v) is 3.13. The maximum Gasteiger partial charge on any atom is 0.154 e. The number of benzene rings is 1. The van der Waals surface area contributed by atoms with Crippen molar-refractivity contribution in [1.29, 1.82) is 0 Å². The number of unbranched alkanes of at least 4 members (excludes halogenated alkanes) is 1. The molecule has 1 aromatic carbocycles. The summed E-state index contributed by atoms with van der Waals surface area (Å²) in [5.41, 5.74) is 7.27. The molecule has 3 nitrogen and oxygen atoms in total. The maximum atomic E-state index is 11.8. The van der Waals surface area contributed by atoms with Gasteiger partial charge in [-0.15, -0.1) is 0 Å². The highest BCUT2D eigenvalue weighted by Crippen LogP contribution is 2.12. The van der Waals surface area contributed by atoms with Crippen molar-refractivity contribution in [2.45, 2.75) is 25.5 Å². The first-order valence-electron chi connectivity index (χ1n) is 5.50. The van der Waals surface area contributed by atoms with Gasteiger partial charge in [0, 0.05) is 0 Å². The Labute approximate surface area is 97.6 Å². The first kappa shape index (κ1) is 13.2. The Morgan fingerprint density at radius 3 is 2.50 bits per heavy atom. The lowest BCUT2D eigenvalue weighted by atomic mass is 10.1. The molecular weight excluding hydrogens is 222 g/mol. The van der Waals surface area contributed by atoms with Gasteiger partial charge in [-0.25, -0.2) is 8.42 Å². The summed E-state index contributed by atoms with van der Waals surface area (Å²) in [4.78, 5) is 0. The summed E-state index contributed by atoms with van der Waals surface area (Å²) in [5.74, 6) is 0.378. The Bertz CT molecular complexity index is 426. The minimum Gasteiger partial charge on any atom is -0.330 e. The van der Waals surface area contributed by atoms with Gasteiger partial charge in [-0.3, -0.25) is 0 Å². The highest BCUT2D eigenvalue weighted by atomic mass is 32.2. The molecule has 0 aliphatic heterocycles. The first-order valence-corrected chi connectivity index (χ1v) is 7.32. The standard InChI is InChI=1S/C12H19NO2S/c1-11-6-2-3-7-12(11)10-16(14,15)9-5-4-8-13/h2-3,6-7H,4-5,8-10,13H2,1H3. The van der Waals surface area contributed by atoms with Crippen LogP contribution in [0, 0.1) is 6.92 Å². The molecule has 0 saturated heterocycles. The van der Waals surface area contributed by atoms with E-state index in [4.69, 9.17) is 5.73 Å². The molecule has 2 N–H and O–H groups in total. The molecule has 0 radical (unpaired) electrons. The lowest BCUT2D eigenvalue weighted by molar-refractivity contribution is 0.591. The van der Waals surface area contributed by atoms with Crippen LogP contribution in [-0.2, 0) is 15.6 Å². The third kappa shape index (κ3) is 4.33. The molecule has 1 aromatic rings. The molecule has 0 amide bonds. The summed E-state index contributed by atoms with van der Waals surface area (Å²) >= 11 is 0. The van der Waals surface area contributed by atoms with Crippen LogP contribution in [0.1, 0.15) is 24.0 Å². The fourth-order valence-electron chi connectivity index (χ4n) is 1.55. The van der Waals surface area contributed by atoms with E-state index in [-0.39, 0.29) is 11.5 Å². The minimum absolute atomic E-state index is 0.143. The van der Waals surface area contributed by atoms with Crippen LogP contribution in [-0.4, -0.2) is 20.7 Å². The van der Waals surface area contributed by atoms with Crippen LogP contribution in [0.4, 0.5) is 0 Å². The minimum atomic E-state index is -2.98. The second-order valence-electron chi connectivity index (χ2n) is 4.01. The van der Waals surface area contributed by atoms with Crippen molar-refractivity contribution in [3.63, 3.8) is 0 Å². The molecular formula is C12H19NO2S. The topological polar surface area (TPSA) is 60.2 Å². The van der Waals surface area contributed by atoms with Gasteiger partial charge in [0.2, 0.25) is 0 Å². The zero-order chi connectivity index (χ0) is 12.0. The van der Waals surface area contributed by atoms with Gasteiger partial charge < -0.3 is 5.73 Å². The van der Waals surface area contributed by atoms with Gasteiger partial charge in [0.1, 0.15) is 0 Å². The number of hydrogen-bond donors (Lipinski definition) is 1. The van der Waals surface area contributed by atoms with Gasteiger partial charge in [0.05, 0.1) is 11.5 Å². The van der Waals surface area contributed by atoms with E-state index in [0.717, 1.165) is 17.5 Å². The van der Waals surface area contributed by atoms with Crippen LogP contribution < -0.4 is 5.73 Å². The van der Waals surface area contributed by atoms with Gasteiger partial charge in [-0.1, -0.05) is 24.3 Å². The lowest BCUT2D eigenvalue weighted by Gasteiger charge is -2.06. The zero-order valence-corrected chi connectivity index (χ0v) is 10.5. The van der Waals surface area contributed by atoms with Crippen LogP contribution in [0.5, 0.6) is 0 Å². The second kappa shape index (κ2) is 6.01. The van der Waals surface area contributed by atoms with Crippen molar-refractivity contribution in [2.24, 2.45) is 5.73 Å². The van der Waals surface area contributed by atoms with Gasteiger partial charge in [-0.05, 0) is 37.4 Å². The molecule has 16 heavy (non-hydrogen) atoms. The molecule has 0 aliphatic rings. The van der Waals surface area contributed by atoms with E-state index < -0.39 is 9.84 Å². The van der Waals surface area contributed by atoms with E-state index in [9.17, 15) is 8.42 Å². The monoisotopic (exact) mass is 241 g/mol. The van der Waals surface area contributed by atoms with E-state index in [2.05, 4.69) is 0 Å². The highest BCUT2D eigenvalue weighted by molar-refractivity contribution is 7.90. The number of aryl methyl sites for hydroxylation is 1. The van der Waals surface area contributed by atoms with Crippen molar-refractivity contribution >= 4 is 9.84 Å². The Morgan fingerprint density at radius 2 is 1.88 bits per heavy atom. The van der Waals surface area contributed by atoms with Gasteiger partial charge in [-0.2, -0.15) is 0 Å². The fraction of sp³-hybridized carbons (Fsp3) is 0.500. The van der Waals surface area contributed by atoms with Crippen molar-refractivity contribution in [2.75, 3.05) is 12.3 Å². The van der Waals surface area contributed by atoms with E-state index in [1.165, 1.54) is 0 Å². The quantitative estimate of drug-likeness (QED) is 0.770. The predicted octanol–water partition coefficient (Wildman–Crippen LogP) is 1.65. The van der Waals surface area contributed by atoms with E-state index in [0.29, 0.717) is 13.0 Å². The third-order valence-electron chi connectivity index (χ3n) is 2.55. The molecule has 0 unspecified atom stereocenters. The molecule has 0 fully saturated rings. The van der Waals surface area contributed by atoms with Crippen LogP contribution in [0.25, 0.3) is 0 Å². The predicted molar refractivity (Wildman–Crippen MR) is 67.0 cm³/mol. The van der Waals surface area contributed by atoms with Crippen LogP contribution in [0.3, 0.4) is 0 Å². The van der Waals surface area contributed by atoms with Gasteiger partial charge >= 0.3 is 0 Å². The van der Waals surface area contributed by atoms with Crippen molar-refractivity contribution in [3.05, 3.63) is 35.4 Å². The van der Waals surface area contributed by atoms with Gasteiger partial charge in [0.15, 0.2) is 9.84 Å². The number of nitrogens with two attached hydrogens (primary N) is 1. The second-order valence-corrected chi connectivity index (χ2v) is 6.20. The third-order valence-corrected chi connectivity index (χ3v) is 4.21. The normalized spacial score (nSPS) is 11.6. The maximum absolute atomic E-state index is 11.8. The van der Waals surface area contributed by atoms with Crippen molar-refractivity contribution < 1.29 is 8.42 Å². The van der Waals surface area contributed by atoms with Gasteiger partial charge in [0.25, 0.3) is 0 Å². The Balaban J connectivity index is 2.63. The summed E-state index contributed by atoms with van der Waals surface area (Å²) in [5, 5.41) is 0. The SMILES string of the molecule is Cc1ccccc1CS(=O)(=O)CCCCN. The van der Waals surface area contributed by atoms with Crippen molar-refractivity contribution in [3.8, 4) is 0 Å². The van der Waals surface area contributed by atoms with E-state index >= 15 is 0 Å².